The molecule has 5 aromatic rings. The largest absolute Gasteiger partial charge is 0.471 e. The van der Waals surface area contributed by atoms with Crippen molar-refractivity contribution in [1.82, 2.24) is 0 Å². The van der Waals surface area contributed by atoms with Crippen LogP contribution in [0.2, 0.25) is 0 Å². The van der Waals surface area contributed by atoms with Gasteiger partial charge in [-0.25, -0.2) is 0 Å². The number of rotatable bonds is 0. The Bertz CT molecular complexity index is 975. The highest BCUT2D eigenvalue weighted by Gasteiger charge is 2.13. The third kappa shape index (κ3) is 1.03. The second-order valence-corrected chi connectivity index (χ2v) is 4.72. The maximum absolute atomic E-state index is 5.61. The molecule has 0 fully saturated rings. The van der Waals surface area contributed by atoms with Gasteiger partial charge < -0.3 is 13.3 Å². The first-order valence-electron chi connectivity index (χ1n) is 6.08. The molecule has 0 radical (unpaired) electrons. The summed E-state index contributed by atoms with van der Waals surface area (Å²) in [5, 5.41) is 6.53. The molecule has 0 atom stereocenters. The summed E-state index contributed by atoms with van der Waals surface area (Å²) >= 11 is 0. The van der Waals surface area contributed by atoms with Crippen molar-refractivity contribution in [3.63, 3.8) is 0 Å². The van der Waals surface area contributed by atoms with E-state index in [9.17, 15) is 0 Å². The van der Waals surface area contributed by atoms with Gasteiger partial charge in [0, 0.05) is 16.2 Å². The predicted molar refractivity (Wildman–Crippen MR) is 73.3 cm³/mol. The van der Waals surface area contributed by atoms with Gasteiger partial charge in [0.1, 0.15) is 17.4 Å². The topological polar surface area (TPSA) is 39.4 Å². The Balaban J connectivity index is 2.23. The van der Waals surface area contributed by atoms with Crippen molar-refractivity contribution in [3.05, 3.63) is 49.3 Å². The first kappa shape index (κ1) is 9.28. The first-order valence-corrected chi connectivity index (χ1v) is 6.08. The van der Waals surface area contributed by atoms with Gasteiger partial charge in [-0.1, -0.05) is 0 Å². The Labute approximate surface area is 107 Å². The summed E-state index contributed by atoms with van der Waals surface area (Å²) in [6.07, 6.45) is 6.92. The van der Waals surface area contributed by atoms with E-state index in [1.807, 2.05) is 12.1 Å². The van der Waals surface area contributed by atoms with Crippen LogP contribution < -0.4 is 0 Å². The first-order chi connectivity index (χ1) is 9.42. The lowest BCUT2D eigenvalue weighted by Crippen LogP contribution is -1.77. The van der Waals surface area contributed by atoms with Crippen LogP contribution in [0.3, 0.4) is 0 Å². The van der Waals surface area contributed by atoms with Gasteiger partial charge in [0.05, 0.1) is 24.2 Å². The zero-order valence-corrected chi connectivity index (χ0v) is 9.84. The summed E-state index contributed by atoms with van der Waals surface area (Å²) < 4.78 is 16.5. The van der Waals surface area contributed by atoms with Crippen LogP contribution in [-0.2, 0) is 0 Å². The smallest absolute Gasteiger partial charge is 0.145 e. The van der Waals surface area contributed by atoms with Crippen LogP contribution in [-0.4, -0.2) is 0 Å². The molecule has 90 valence electrons. The minimum atomic E-state index is 0.874. The molecule has 2 aromatic carbocycles. The minimum Gasteiger partial charge on any atom is -0.471 e. The summed E-state index contributed by atoms with van der Waals surface area (Å²) in [5.74, 6) is 0. The SMILES string of the molecule is c1cc2cc3c(cc2o1)c1cocc1c1occc31. The summed E-state index contributed by atoms with van der Waals surface area (Å²) in [7, 11) is 0. The molecule has 0 saturated heterocycles. The summed E-state index contributed by atoms with van der Waals surface area (Å²) in [4.78, 5) is 0. The van der Waals surface area contributed by atoms with Crippen LogP contribution in [0.4, 0.5) is 0 Å². The summed E-state index contributed by atoms with van der Waals surface area (Å²) in [6.45, 7) is 0. The van der Waals surface area contributed by atoms with E-state index in [1.54, 1.807) is 25.1 Å². The Hall–Kier alpha value is -2.68. The molecule has 0 amide bonds. The van der Waals surface area contributed by atoms with E-state index in [1.165, 1.54) is 0 Å². The predicted octanol–water partition coefficient (Wildman–Crippen LogP) is 5.08. The van der Waals surface area contributed by atoms with E-state index < -0.39 is 0 Å². The molecule has 3 nitrogen and oxygen atoms in total. The fourth-order valence-electron chi connectivity index (χ4n) is 2.87. The number of furan rings is 3. The Morgan fingerprint density at radius 3 is 2.53 bits per heavy atom. The molecule has 3 heteroatoms. The summed E-state index contributed by atoms with van der Waals surface area (Å²) in [6, 6.07) is 8.17. The highest BCUT2D eigenvalue weighted by molar-refractivity contribution is 6.25. The lowest BCUT2D eigenvalue weighted by Gasteiger charge is -2.02. The van der Waals surface area contributed by atoms with Gasteiger partial charge in [-0.05, 0) is 35.0 Å². The van der Waals surface area contributed by atoms with E-state index in [2.05, 4.69) is 12.1 Å². The van der Waals surface area contributed by atoms with Crippen LogP contribution in [0, 0.1) is 0 Å². The molecule has 0 aliphatic carbocycles. The van der Waals surface area contributed by atoms with Gasteiger partial charge in [-0.15, -0.1) is 0 Å². The molecular formula is C16H8O3. The second-order valence-electron chi connectivity index (χ2n) is 4.72. The van der Waals surface area contributed by atoms with Gasteiger partial charge in [0.15, 0.2) is 0 Å². The summed E-state index contributed by atoms with van der Waals surface area (Å²) in [5.41, 5.74) is 1.76. The minimum absolute atomic E-state index is 0.874. The lowest BCUT2D eigenvalue weighted by molar-refractivity contribution is 0.571. The second kappa shape index (κ2) is 3.01. The normalized spacial score (nSPS) is 12.2. The average Bonchev–Trinajstić information content (AvgIpc) is 3.15. The lowest BCUT2D eigenvalue weighted by atomic mass is 10.0. The zero-order chi connectivity index (χ0) is 12.4. The van der Waals surface area contributed by atoms with Crippen molar-refractivity contribution in [1.29, 1.82) is 0 Å². The maximum Gasteiger partial charge on any atom is 0.145 e. The number of hydrogen-bond acceptors (Lipinski definition) is 3. The van der Waals surface area contributed by atoms with E-state index in [0.29, 0.717) is 0 Å². The van der Waals surface area contributed by atoms with Gasteiger partial charge in [-0.2, -0.15) is 0 Å². The number of benzene rings is 2. The van der Waals surface area contributed by atoms with Crippen LogP contribution in [0.25, 0.3) is 43.5 Å². The molecule has 0 aliphatic rings. The standard InChI is InChI=1S/C16H8O3/c1-3-18-15-6-12-11(5-9(1)15)10-2-4-19-16(10)14-8-17-7-13(12)14/h1-8H. The van der Waals surface area contributed by atoms with E-state index in [4.69, 9.17) is 13.3 Å². The Morgan fingerprint density at radius 1 is 0.684 bits per heavy atom. The molecular weight excluding hydrogens is 240 g/mol. The zero-order valence-electron chi connectivity index (χ0n) is 9.84. The van der Waals surface area contributed by atoms with Gasteiger partial charge in [-0.3, -0.25) is 0 Å². The maximum atomic E-state index is 5.61. The van der Waals surface area contributed by atoms with Crippen molar-refractivity contribution >= 4 is 43.5 Å². The van der Waals surface area contributed by atoms with Crippen molar-refractivity contribution in [3.8, 4) is 0 Å². The molecule has 0 saturated carbocycles. The molecule has 3 heterocycles. The molecule has 0 bridgehead atoms. The van der Waals surface area contributed by atoms with E-state index >= 15 is 0 Å². The van der Waals surface area contributed by atoms with Crippen molar-refractivity contribution in [2.45, 2.75) is 0 Å². The molecule has 0 N–H and O–H groups in total. The van der Waals surface area contributed by atoms with Crippen molar-refractivity contribution in [2.24, 2.45) is 0 Å². The van der Waals surface area contributed by atoms with Crippen LogP contribution in [0.5, 0.6) is 0 Å². The molecule has 0 unspecified atom stereocenters. The fraction of sp³-hybridized carbons (Fsp3) is 0. The quantitative estimate of drug-likeness (QED) is 0.383. The third-order valence-corrected chi connectivity index (χ3v) is 3.74. The molecule has 3 aromatic heterocycles. The van der Waals surface area contributed by atoms with Crippen molar-refractivity contribution < 1.29 is 13.3 Å². The van der Waals surface area contributed by atoms with Crippen LogP contribution >= 0.6 is 0 Å². The van der Waals surface area contributed by atoms with Crippen molar-refractivity contribution in [2.75, 3.05) is 0 Å². The van der Waals surface area contributed by atoms with Gasteiger partial charge >= 0.3 is 0 Å². The fourth-order valence-corrected chi connectivity index (χ4v) is 2.87. The Kier molecular flexibility index (Phi) is 1.47. The monoisotopic (exact) mass is 248 g/mol. The van der Waals surface area contributed by atoms with E-state index in [-0.39, 0.29) is 0 Å². The molecule has 0 aliphatic heterocycles. The average molecular weight is 248 g/mol. The molecule has 0 spiro atoms. The highest BCUT2D eigenvalue weighted by atomic mass is 16.3. The van der Waals surface area contributed by atoms with E-state index in [0.717, 1.165) is 43.5 Å². The number of fused-ring (bicyclic) bond motifs is 7. The van der Waals surface area contributed by atoms with Gasteiger partial charge in [0.2, 0.25) is 0 Å². The Morgan fingerprint density at radius 2 is 1.53 bits per heavy atom. The molecule has 19 heavy (non-hydrogen) atoms. The van der Waals surface area contributed by atoms with Gasteiger partial charge in [0.25, 0.3) is 0 Å². The van der Waals surface area contributed by atoms with Crippen LogP contribution in [0.15, 0.2) is 62.6 Å². The molecule has 5 rings (SSSR count). The highest BCUT2D eigenvalue weighted by Crippen LogP contribution is 2.38. The number of hydrogen-bond donors (Lipinski definition) is 0. The van der Waals surface area contributed by atoms with Crippen LogP contribution in [0.1, 0.15) is 0 Å². The third-order valence-electron chi connectivity index (χ3n) is 3.74.